The monoisotopic (exact) mass is 450 g/mol. The number of aromatic nitrogens is 2. The number of amides is 1. The van der Waals surface area contributed by atoms with E-state index in [0.29, 0.717) is 23.6 Å². The summed E-state index contributed by atoms with van der Waals surface area (Å²) in [5.74, 6) is 0.193. The number of Topliss-reactive ketones (excluding diaryl/α,β-unsaturated/α-hetero) is 1. The van der Waals surface area contributed by atoms with Crippen molar-refractivity contribution in [3.05, 3.63) is 71.3 Å². The molecule has 1 saturated heterocycles. The van der Waals surface area contributed by atoms with E-state index in [9.17, 15) is 14.0 Å². The third-order valence-corrected chi connectivity index (χ3v) is 6.03. The van der Waals surface area contributed by atoms with Crippen molar-refractivity contribution in [2.24, 2.45) is 5.92 Å². The van der Waals surface area contributed by atoms with Crippen molar-refractivity contribution in [1.29, 1.82) is 0 Å². The van der Waals surface area contributed by atoms with Crippen LogP contribution in [0.5, 0.6) is 0 Å². The topological polar surface area (TPSA) is 88.3 Å². The minimum atomic E-state index is -0.362. The number of likely N-dealkylation sites (tertiary alicyclic amines) is 1. The summed E-state index contributed by atoms with van der Waals surface area (Å²) in [6, 6.07) is 13.5. The van der Waals surface area contributed by atoms with E-state index in [1.165, 1.54) is 19.1 Å². The van der Waals surface area contributed by atoms with E-state index in [2.05, 4.69) is 20.4 Å². The maximum Gasteiger partial charge on any atom is 0.292 e. The van der Waals surface area contributed by atoms with Crippen molar-refractivity contribution in [3.8, 4) is 11.5 Å². The molecule has 0 atom stereocenters. The van der Waals surface area contributed by atoms with Crippen LogP contribution in [0.2, 0.25) is 0 Å². The highest BCUT2D eigenvalue weighted by Crippen LogP contribution is 2.22. The molecule has 0 spiro atoms. The van der Waals surface area contributed by atoms with Crippen molar-refractivity contribution in [3.63, 3.8) is 0 Å². The van der Waals surface area contributed by atoms with Crippen LogP contribution in [0.25, 0.3) is 11.5 Å². The first-order valence-electron chi connectivity index (χ1n) is 11.2. The Hall–Kier alpha value is -3.39. The average molecular weight is 451 g/mol. The predicted molar refractivity (Wildman–Crippen MR) is 121 cm³/mol. The van der Waals surface area contributed by atoms with Gasteiger partial charge in [-0.25, -0.2) is 4.39 Å². The van der Waals surface area contributed by atoms with Gasteiger partial charge >= 0.3 is 0 Å². The Labute approximate surface area is 192 Å². The number of benzene rings is 2. The largest absolute Gasteiger partial charge is 0.349 e. The summed E-state index contributed by atoms with van der Waals surface area (Å²) in [5.41, 5.74) is 2.37. The van der Waals surface area contributed by atoms with Crippen LogP contribution in [0.3, 0.4) is 0 Å². The molecule has 2 aromatic carbocycles. The lowest BCUT2D eigenvalue weighted by atomic mass is 9.93. The Morgan fingerprint density at radius 2 is 1.79 bits per heavy atom. The fraction of sp³-hybridized carbons (Fsp3) is 0.360. The summed E-state index contributed by atoms with van der Waals surface area (Å²) in [6.07, 6.45) is 3.03. The lowest BCUT2D eigenvalue weighted by Gasteiger charge is -2.32. The molecule has 33 heavy (non-hydrogen) atoms. The molecule has 1 aromatic heterocycles. The Kier molecular flexibility index (Phi) is 7.24. The molecule has 8 heteroatoms. The van der Waals surface area contributed by atoms with Crippen molar-refractivity contribution >= 4 is 11.7 Å². The summed E-state index contributed by atoms with van der Waals surface area (Å²) >= 11 is 0. The van der Waals surface area contributed by atoms with Gasteiger partial charge in [0.05, 0.1) is 0 Å². The highest BCUT2D eigenvalue weighted by molar-refractivity contribution is 5.94. The summed E-state index contributed by atoms with van der Waals surface area (Å²) in [7, 11) is 0. The Balaban J connectivity index is 1.19. The van der Waals surface area contributed by atoms with Gasteiger partial charge < -0.3 is 9.84 Å². The van der Waals surface area contributed by atoms with Gasteiger partial charge in [0.25, 0.3) is 17.6 Å². The summed E-state index contributed by atoms with van der Waals surface area (Å²) in [6.45, 7) is 4.88. The fourth-order valence-electron chi connectivity index (χ4n) is 4.03. The van der Waals surface area contributed by atoms with Gasteiger partial charge in [-0.1, -0.05) is 29.4 Å². The van der Waals surface area contributed by atoms with E-state index >= 15 is 0 Å². The molecule has 1 N–H and O–H groups in total. The van der Waals surface area contributed by atoms with Gasteiger partial charge in [0.15, 0.2) is 5.78 Å². The Morgan fingerprint density at radius 3 is 2.45 bits per heavy atom. The van der Waals surface area contributed by atoms with Crippen LogP contribution in [-0.2, 0) is 6.54 Å². The first-order chi connectivity index (χ1) is 16.0. The number of rotatable bonds is 8. The lowest BCUT2D eigenvalue weighted by molar-refractivity contribution is 0.0933. The van der Waals surface area contributed by atoms with Crippen molar-refractivity contribution < 1.29 is 18.5 Å². The number of halogens is 1. The zero-order chi connectivity index (χ0) is 23.2. The van der Waals surface area contributed by atoms with Crippen LogP contribution in [-0.4, -0.2) is 46.4 Å². The Bertz CT molecular complexity index is 1090. The predicted octanol–water partition coefficient (Wildman–Crippen LogP) is 4.11. The molecule has 4 rings (SSSR count). The lowest BCUT2D eigenvalue weighted by Crippen LogP contribution is -2.35. The number of hydrogen-bond acceptors (Lipinski definition) is 6. The summed E-state index contributed by atoms with van der Waals surface area (Å²) in [5, 5.41) is 6.65. The Morgan fingerprint density at radius 1 is 1.09 bits per heavy atom. The number of piperidine rings is 1. The smallest absolute Gasteiger partial charge is 0.292 e. The molecule has 3 aromatic rings. The molecule has 1 aliphatic rings. The zero-order valence-corrected chi connectivity index (χ0v) is 18.6. The van der Waals surface area contributed by atoms with Crippen LogP contribution in [0.1, 0.15) is 52.7 Å². The maximum absolute atomic E-state index is 13.0. The molecule has 0 saturated carbocycles. The van der Waals surface area contributed by atoms with Crippen LogP contribution < -0.4 is 5.32 Å². The van der Waals surface area contributed by atoms with Crippen molar-refractivity contribution in [2.75, 3.05) is 19.6 Å². The molecule has 7 nitrogen and oxygen atoms in total. The molecule has 0 radical (unpaired) electrons. The molecule has 172 valence electrons. The minimum absolute atomic E-state index is 0.00485. The summed E-state index contributed by atoms with van der Waals surface area (Å²) < 4.78 is 18.3. The fourth-order valence-corrected chi connectivity index (χ4v) is 4.03. The molecular formula is C25H27FN4O3. The molecule has 1 amide bonds. The van der Waals surface area contributed by atoms with Gasteiger partial charge in [-0.15, -0.1) is 0 Å². The quantitative estimate of drug-likeness (QED) is 0.520. The van der Waals surface area contributed by atoms with Crippen molar-refractivity contribution in [1.82, 2.24) is 20.4 Å². The highest BCUT2D eigenvalue weighted by atomic mass is 19.1. The second-order valence-corrected chi connectivity index (χ2v) is 8.45. The second-order valence-electron chi connectivity index (χ2n) is 8.45. The second kappa shape index (κ2) is 10.5. The molecular weight excluding hydrogens is 423 g/mol. The average Bonchev–Trinajstić information content (AvgIpc) is 3.32. The van der Waals surface area contributed by atoms with E-state index in [1.54, 1.807) is 24.3 Å². The van der Waals surface area contributed by atoms with Gasteiger partial charge in [0, 0.05) is 24.2 Å². The zero-order valence-electron chi connectivity index (χ0n) is 18.6. The first kappa shape index (κ1) is 22.8. The van der Waals surface area contributed by atoms with Crippen molar-refractivity contribution in [2.45, 2.75) is 32.7 Å². The van der Waals surface area contributed by atoms with Crippen LogP contribution >= 0.6 is 0 Å². The normalized spacial score (nSPS) is 14.8. The number of hydrogen-bond donors (Lipinski definition) is 1. The van der Waals surface area contributed by atoms with E-state index in [0.717, 1.165) is 44.5 Å². The van der Waals surface area contributed by atoms with Gasteiger partial charge in [-0.05, 0) is 75.0 Å². The number of nitrogens with one attached hydrogen (secondary N) is 1. The van der Waals surface area contributed by atoms with Crippen LogP contribution in [0.4, 0.5) is 4.39 Å². The van der Waals surface area contributed by atoms with E-state index in [4.69, 9.17) is 4.52 Å². The molecule has 1 fully saturated rings. The van der Waals surface area contributed by atoms with Crippen LogP contribution in [0.15, 0.2) is 53.1 Å². The third kappa shape index (κ3) is 6.10. The molecule has 2 heterocycles. The van der Waals surface area contributed by atoms with Gasteiger partial charge in [-0.3, -0.25) is 14.5 Å². The highest BCUT2D eigenvalue weighted by Gasteiger charge is 2.20. The van der Waals surface area contributed by atoms with Crippen LogP contribution in [0, 0.1) is 11.7 Å². The first-order valence-corrected chi connectivity index (χ1v) is 11.2. The van der Waals surface area contributed by atoms with E-state index in [1.807, 2.05) is 12.1 Å². The summed E-state index contributed by atoms with van der Waals surface area (Å²) in [4.78, 5) is 30.3. The minimum Gasteiger partial charge on any atom is -0.349 e. The molecule has 0 unspecified atom stereocenters. The number of carbonyl (C=O) groups excluding carboxylic acids is 2. The standard InChI is InChI=1S/C25H27FN4O3/c1-17(31)20-4-6-21(7-5-20)25-28-23(29-33-25)24(32)27-13-10-18-11-14-30(15-12-18)16-19-2-8-22(26)9-3-19/h2-9,18H,10-16H2,1H3,(H,27,32). The SMILES string of the molecule is CC(=O)c1ccc(-c2nc(C(=O)NCCC3CCN(Cc4ccc(F)cc4)CC3)no2)cc1. The molecule has 1 aliphatic heterocycles. The number of nitrogens with zero attached hydrogens (tertiary/aromatic N) is 3. The molecule has 0 aliphatic carbocycles. The number of carbonyl (C=O) groups is 2. The van der Waals surface area contributed by atoms with E-state index in [-0.39, 0.29) is 29.2 Å². The molecule has 0 bridgehead atoms. The van der Waals surface area contributed by atoms with Gasteiger partial charge in [0.2, 0.25) is 0 Å². The van der Waals surface area contributed by atoms with Gasteiger partial charge in [-0.2, -0.15) is 4.98 Å². The van der Waals surface area contributed by atoms with E-state index < -0.39 is 0 Å². The number of ketones is 1. The van der Waals surface area contributed by atoms with Gasteiger partial charge in [0.1, 0.15) is 5.82 Å². The maximum atomic E-state index is 13.0. The third-order valence-electron chi connectivity index (χ3n) is 6.03.